The van der Waals surface area contributed by atoms with E-state index in [1.165, 1.54) is 23.7 Å². The maximum Gasteiger partial charge on any atom is 0.270 e. The van der Waals surface area contributed by atoms with E-state index in [-0.39, 0.29) is 29.5 Å². The second-order valence-electron chi connectivity index (χ2n) is 10.3. The lowest BCUT2D eigenvalue weighted by molar-refractivity contribution is -0.118. The fourth-order valence-corrected chi connectivity index (χ4v) is 5.48. The number of rotatable bonds is 6. The Balaban J connectivity index is 1.21. The lowest BCUT2D eigenvalue weighted by atomic mass is 9.89. The number of aliphatic hydroxyl groups is 1. The minimum Gasteiger partial charge on any atom is -0.390 e. The van der Waals surface area contributed by atoms with Gasteiger partial charge in [0.2, 0.25) is 0 Å². The standard InChI is InChI=1S/C30H27N5O5/c1-16(36)19-5-7-23-21(11-19)13-26(38)28(23)34-30(40)25-14-24(33-27-8-9-32-35(25)27)29(39)31-15-17-2-3-18-4-6-22(37)12-20(18)10-17/h2-3,5,7-11,14,26,28,38H,4,6,12-13,15H2,1H3,(H,31,39)(H,34,40)/t26-,28-/m1/s1. The van der Waals surface area contributed by atoms with Gasteiger partial charge in [-0.15, -0.1) is 0 Å². The summed E-state index contributed by atoms with van der Waals surface area (Å²) in [6, 6.07) is 13.3. The Morgan fingerprint density at radius 2 is 1.85 bits per heavy atom. The van der Waals surface area contributed by atoms with Crippen LogP contribution >= 0.6 is 0 Å². The van der Waals surface area contributed by atoms with Gasteiger partial charge in [0.25, 0.3) is 11.8 Å². The van der Waals surface area contributed by atoms with E-state index in [4.69, 9.17) is 0 Å². The van der Waals surface area contributed by atoms with Gasteiger partial charge in [-0.3, -0.25) is 19.2 Å². The van der Waals surface area contributed by atoms with Crippen LogP contribution in [0.4, 0.5) is 0 Å². The molecule has 2 aliphatic rings. The third-order valence-corrected chi connectivity index (χ3v) is 7.59. The summed E-state index contributed by atoms with van der Waals surface area (Å²) in [5, 5.41) is 20.6. The largest absolute Gasteiger partial charge is 0.390 e. The zero-order valence-corrected chi connectivity index (χ0v) is 21.8. The van der Waals surface area contributed by atoms with Crippen LogP contribution in [0.15, 0.2) is 54.7 Å². The maximum atomic E-state index is 13.4. The first-order valence-corrected chi connectivity index (χ1v) is 13.1. The number of aryl methyl sites for hydroxylation is 1. The summed E-state index contributed by atoms with van der Waals surface area (Å²) in [6.45, 7) is 1.72. The van der Waals surface area contributed by atoms with Gasteiger partial charge in [0, 0.05) is 43.5 Å². The quantitative estimate of drug-likeness (QED) is 0.320. The van der Waals surface area contributed by atoms with Crippen LogP contribution in [-0.4, -0.2) is 49.2 Å². The van der Waals surface area contributed by atoms with Gasteiger partial charge in [0.15, 0.2) is 11.4 Å². The van der Waals surface area contributed by atoms with Gasteiger partial charge in [0.05, 0.1) is 18.3 Å². The molecule has 202 valence electrons. The van der Waals surface area contributed by atoms with E-state index >= 15 is 0 Å². The third-order valence-electron chi connectivity index (χ3n) is 7.59. The van der Waals surface area contributed by atoms with Crippen molar-refractivity contribution in [2.24, 2.45) is 0 Å². The van der Waals surface area contributed by atoms with Crippen LogP contribution in [-0.2, 0) is 30.6 Å². The zero-order chi connectivity index (χ0) is 28.0. The molecule has 2 aromatic carbocycles. The molecule has 6 rings (SSSR count). The summed E-state index contributed by atoms with van der Waals surface area (Å²) in [5.74, 6) is -0.853. The number of hydrogen-bond acceptors (Lipinski definition) is 7. The van der Waals surface area contributed by atoms with Crippen molar-refractivity contribution >= 4 is 29.0 Å². The summed E-state index contributed by atoms with van der Waals surface area (Å²) >= 11 is 0. The summed E-state index contributed by atoms with van der Waals surface area (Å²) in [5.41, 5.74) is 5.57. The van der Waals surface area contributed by atoms with Crippen molar-refractivity contribution in [3.05, 3.63) is 99.5 Å². The average Bonchev–Trinajstić information content (AvgIpc) is 3.54. The van der Waals surface area contributed by atoms with Gasteiger partial charge < -0.3 is 15.7 Å². The van der Waals surface area contributed by atoms with Crippen LogP contribution in [0.1, 0.15) is 78.5 Å². The number of fused-ring (bicyclic) bond motifs is 3. The molecule has 0 bridgehead atoms. The molecule has 3 N–H and O–H groups in total. The molecule has 0 fully saturated rings. The van der Waals surface area contributed by atoms with Gasteiger partial charge in [-0.1, -0.05) is 30.3 Å². The zero-order valence-electron chi connectivity index (χ0n) is 21.8. The number of nitrogens with zero attached hydrogens (tertiary/aromatic N) is 3. The highest BCUT2D eigenvalue weighted by atomic mass is 16.3. The second-order valence-corrected chi connectivity index (χ2v) is 10.3. The molecule has 2 aromatic heterocycles. The Labute approximate surface area is 229 Å². The molecule has 2 heterocycles. The van der Waals surface area contributed by atoms with Gasteiger partial charge in [0.1, 0.15) is 17.2 Å². The predicted octanol–water partition coefficient (Wildman–Crippen LogP) is 2.31. The summed E-state index contributed by atoms with van der Waals surface area (Å²) in [4.78, 5) is 54.5. The van der Waals surface area contributed by atoms with Crippen molar-refractivity contribution in [2.45, 2.75) is 51.3 Å². The number of benzene rings is 2. The fraction of sp³-hybridized carbons (Fsp3) is 0.267. The van der Waals surface area contributed by atoms with Crippen molar-refractivity contribution < 1.29 is 24.3 Å². The number of ketones is 2. The topological polar surface area (TPSA) is 143 Å². The van der Waals surface area contributed by atoms with E-state index < -0.39 is 24.0 Å². The van der Waals surface area contributed by atoms with E-state index in [1.54, 1.807) is 24.3 Å². The second kappa shape index (κ2) is 10.1. The normalized spacial score (nSPS) is 17.8. The first-order valence-electron chi connectivity index (χ1n) is 13.1. The van der Waals surface area contributed by atoms with Crippen LogP contribution in [0.5, 0.6) is 0 Å². The Kier molecular flexibility index (Phi) is 6.47. The van der Waals surface area contributed by atoms with Crippen molar-refractivity contribution in [1.82, 2.24) is 25.2 Å². The molecule has 2 aliphatic carbocycles. The number of carbonyl (C=O) groups excluding carboxylic acids is 4. The number of aromatic nitrogens is 3. The number of amides is 2. The van der Waals surface area contributed by atoms with Crippen molar-refractivity contribution in [2.75, 3.05) is 0 Å². The van der Waals surface area contributed by atoms with Crippen LogP contribution in [0.2, 0.25) is 0 Å². The van der Waals surface area contributed by atoms with E-state index in [0.717, 1.165) is 34.2 Å². The monoisotopic (exact) mass is 537 g/mol. The lowest BCUT2D eigenvalue weighted by Crippen LogP contribution is -2.35. The van der Waals surface area contributed by atoms with E-state index in [1.807, 2.05) is 18.2 Å². The van der Waals surface area contributed by atoms with Crippen molar-refractivity contribution in [3.63, 3.8) is 0 Å². The average molecular weight is 538 g/mol. The Morgan fingerprint density at radius 1 is 1.00 bits per heavy atom. The molecule has 0 spiro atoms. The van der Waals surface area contributed by atoms with Gasteiger partial charge >= 0.3 is 0 Å². The summed E-state index contributed by atoms with van der Waals surface area (Å²) in [7, 11) is 0. The minimum absolute atomic E-state index is 0.0461. The number of carbonyl (C=O) groups is 4. The molecule has 10 heteroatoms. The first-order chi connectivity index (χ1) is 19.3. The van der Waals surface area contributed by atoms with E-state index in [0.29, 0.717) is 30.5 Å². The van der Waals surface area contributed by atoms with Crippen LogP contribution in [0.25, 0.3) is 5.65 Å². The first kappa shape index (κ1) is 25.6. The smallest absolute Gasteiger partial charge is 0.270 e. The molecule has 2 amide bonds. The highest BCUT2D eigenvalue weighted by Crippen LogP contribution is 2.32. The molecule has 2 atom stereocenters. The number of hydrogen-bond donors (Lipinski definition) is 3. The summed E-state index contributed by atoms with van der Waals surface area (Å²) in [6.07, 6.45) is 2.63. The van der Waals surface area contributed by atoms with Crippen LogP contribution in [0, 0.1) is 0 Å². The molecule has 40 heavy (non-hydrogen) atoms. The van der Waals surface area contributed by atoms with E-state index in [9.17, 15) is 24.3 Å². The van der Waals surface area contributed by atoms with Crippen molar-refractivity contribution in [3.8, 4) is 0 Å². The number of aliphatic hydroxyl groups excluding tert-OH is 1. The molecule has 0 saturated heterocycles. The molecule has 4 aromatic rings. The maximum absolute atomic E-state index is 13.4. The highest BCUT2D eigenvalue weighted by Gasteiger charge is 2.33. The van der Waals surface area contributed by atoms with Gasteiger partial charge in [-0.05, 0) is 47.2 Å². The molecule has 0 aliphatic heterocycles. The van der Waals surface area contributed by atoms with E-state index in [2.05, 4.69) is 20.7 Å². The van der Waals surface area contributed by atoms with Crippen LogP contribution in [0.3, 0.4) is 0 Å². The third kappa shape index (κ3) is 4.77. The Morgan fingerprint density at radius 3 is 2.67 bits per heavy atom. The Bertz CT molecular complexity index is 1710. The number of Topliss-reactive ketones (excluding diaryl/α,β-unsaturated/α-hetero) is 2. The molecular weight excluding hydrogens is 510 g/mol. The SMILES string of the molecule is CC(=O)c1ccc2c(c1)C[C@@H](O)[C@@H]2NC(=O)c1cc(C(=O)NCc2ccc3c(c2)CC(=O)CC3)nc2ccnn12. The fourth-order valence-electron chi connectivity index (χ4n) is 5.48. The summed E-state index contributed by atoms with van der Waals surface area (Å²) < 4.78 is 1.34. The van der Waals surface area contributed by atoms with Crippen molar-refractivity contribution in [1.29, 1.82) is 0 Å². The predicted molar refractivity (Wildman–Crippen MR) is 144 cm³/mol. The highest BCUT2D eigenvalue weighted by molar-refractivity contribution is 5.98. The number of nitrogens with one attached hydrogen (secondary N) is 2. The molecule has 0 saturated carbocycles. The molecule has 0 radical (unpaired) electrons. The molecular formula is C30H27N5O5. The Hall–Kier alpha value is -4.70. The van der Waals surface area contributed by atoms with Crippen LogP contribution < -0.4 is 10.6 Å². The molecule has 0 unspecified atom stereocenters. The van der Waals surface area contributed by atoms with Gasteiger partial charge in [-0.2, -0.15) is 5.10 Å². The molecule has 10 nitrogen and oxygen atoms in total. The van der Waals surface area contributed by atoms with Gasteiger partial charge in [-0.25, -0.2) is 9.50 Å². The lowest BCUT2D eigenvalue weighted by Gasteiger charge is -2.18. The minimum atomic E-state index is -0.870.